The SMILES string of the molecule is CCCN(CC1CC1)C(C)C(NCC)c1ccccc1. The van der Waals surface area contributed by atoms with E-state index in [9.17, 15) is 0 Å². The fourth-order valence-corrected chi connectivity index (χ4v) is 3.04. The van der Waals surface area contributed by atoms with Gasteiger partial charge >= 0.3 is 0 Å². The highest BCUT2D eigenvalue weighted by Gasteiger charge is 2.29. The molecule has 0 amide bonds. The molecule has 112 valence electrons. The Hall–Kier alpha value is -0.860. The molecule has 0 heterocycles. The lowest BCUT2D eigenvalue weighted by atomic mass is 9.98. The molecule has 1 aliphatic carbocycles. The zero-order valence-corrected chi connectivity index (χ0v) is 13.3. The maximum atomic E-state index is 3.69. The molecule has 1 aromatic carbocycles. The average molecular weight is 274 g/mol. The molecule has 0 saturated heterocycles. The molecular weight excluding hydrogens is 244 g/mol. The van der Waals surface area contributed by atoms with Crippen molar-refractivity contribution in [3.63, 3.8) is 0 Å². The van der Waals surface area contributed by atoms with Gasteiger partial charge in [0.25, 0.3) is 0 Å². The smallest absolute Gasteiger partial charge is 0.0475 e. The molecule has 1 aliphatic rings. The van der Waals surface area contributed by atoms with Gasteiger partial charge in [0, 0.05) is 18.6 Å². The highest BCUT2D eigenvalue weighted by atomic mass is 15.2. The minimum absolute atomic E-state index is 0.437. The molecule has 0 bridgehead atoms. The van der Waals surface area contributed by atoms with Crippen molar-refractivity contribution in [2.75, 3.05) is 19.6 Å². The summed E-state index contributed by atoms with van der Waals surface area (Å²) in [5.41, 5.74) is 1.42. The van der Waals surface area contributed by atoms with Crippen molar-refractivity contribution in [3.8, 4) is 0 Å². The van der Waals surface area contributed by atoms with Crippen LogP contribution in [0.15, 0.2) is 30.3 Å². The van der Waals surface area contributed by atoms with Crippen molar-refractivity contribution >= 4 is 0 Å². The van der Waals surface area contributed by atoms with Crippen molar-refractivity contribution in [1.82, 2.24) is 10.2 Å². The predicted octanol–water partition coefficient (Wildman–Crippen LogP) is 3.85. The van der Waals surface area contributed by atoms with E-state index in [1.165, 1.54) is 37.9 Å². The standard InChI is InChI=1S/C18H30N2/c1-4-13-20(14-16-11-12-16)15(3)18(19-5-2)17-9-7-6-8-10-17/h6-10,15-16,18-19H,4-5,11-14H2,1-3H3. The van der Waals surface area contributed by atoms with Crippen LogP contribution in [0.2, 0.25) is 0 Å². The summed E-state index contributed by atoms with van der Waals surface area (Å²) in [5, 5.41) is 3.69. The molecule has 2 rings (SSSR count). The Bertz CT molecular complexity index is 372. The number of hydrogen-bond acceptors (Lipinski definition) is 2. The fourth-order valence-electron chi connectivity index (χ4n) is 3.04. The first-order valence-corrected chi connectivity index (χ1v) is 8.28. The number of nitrogens with one attached hydrogen (secondary N) is 1. The van der Waals surface area contributed by atoms with Crippen molar-refractivity contribution < 1.29 is 0 Å². The van der Waals surface area contributed by atoms with E-state index < -0.39 is 0 Å². The Kier molecular flexibility index (Phi) is 6.06. The fraction of sp³-hybridized carbons (Fsp3) is 0.667. The third kappa shape index (κ3) is 4.32. The predicted molar refractivity (Wildman–Crippen MR) is 86.9 cm³/mol. The summed E-state index contributed by atoms with van der Waals surface area (Å²) in [4.78, 5) is 2.69. The molecule has 2 unspecified atom stereocenters. The van der Waals surface area contributed by atoms with Crippen LogP contribution in [0.5, 0.6) is 0 Å². The number of likely N-dealkylation sites (N-methyl/N-ethyl adjacent to an activating group) is 1. The van der Waals surface area contributed by atoms with Gasteiger partial charge in [0.15, 0.2) is 0 Å². The molecule has 1 fully saturated rings. The van der Waals surface area contributed by atoms with Crippen molar-refractivity contribution in [2.24, 2.45) is 5.92 Å². The lowest BCUT2D eigenvalue weighted by Crippen LogP contribution is -2.44. The summed E-state index contributed by atoms with van der Waals surface area (Å²) < 4.78 is 0. The highest BCUT2D eigenvalue weighted by molar-refractivity contribution is 5.20. The van der Waals surface area contributed by atoms with Crippen LogP contribution in [0.4, 0.5) is 0 Å². The summed E-state index contributed by atoms with van der Waals surface area (Å²) in [6.45, 7) is 10.4. The van der Waals surface area contributed by atoms with E-state index >= 15 is 0 Å². The van der Waals surface area contributed by atoms with Crippen molar-refractivity contribution in [1.29, 1.82) is 0 Å². The first-order chi connectivity index (χ1) is 9.76. The molecule has 20 heavy (non-hydrogen) atoms. The van der Waals surface area contributed by atoms with Gasteiger partial charge in [-0.2, -0.15) is 0 Å². The van der Waals surface area contributed by atoms with Crippen LogP contribution in [-0.4, -0.2) is 30.6 Å². The van der Waals surface area contributed by atoms with Crippen molar-refractivity contribution in [2.45, 2.75) is 52.1 Å². The Balaban J connectivity index is 2.08. The maximum Gasteiger partial charge on any atom is 0.0475 e. The molecule has 1 N–H and O–H groups in total. The summed E-state index contributed by atoms with van der Waals surface area (Å²) in [5.74, 6) is 0.960. The number of rotatable bonds is 9. The lowest BCUT2D eigenvalue weighted by molar-refractivity contribution is 0.163. The average Bonchev–Trinajstić information content (AvgIpc) is 3.28. The van der Waals surface area contributed by atoms with Crippen LogP contribution in [0, 0.1) is 5.92 Å². The Morgan fingerprint density at radius 1 is 1.20 bits per heavy atom. The minimum Gasteiger partial charge on any atom is -0.309 e. The van der Waals surface area contributed by atoms with E-state index in [0.29, 0.717) is 12.1 Å². The topological polar surface area (TPSA) is 15.3 Å². The van der Waals surface area contributed by atoms with Crippen LogP contribution in [0.25, 0.3) is 0 Å². The van der Waals surface area contributed by atoms with Crippen LogP contribution < -0.4 is 5.32 Å². The summed E-state index contributed by atoms with van der Waals surface area (Å²) in [6.07, 6.45) is 4.11. The van der Waals surface area contributed by atoms with E-state index in [1.54, 1.807) is 0 Å². The lowest BCUT2D eigenvalue weighted by Gasteiger charge is -2.35. The number of benzene rings is 1. The molecule has 0 aliphatic heterocycles. The van der Waals surface area contributed by atoms with E-state index in [0.717, 1.165) is 12.5 Å². The van der Waals surface area contributed by atoms with E-state index in [4.69, 9.17) is 0 Å². The number of nitrogens with zero attached hydrogens (tertiary/aromatic N) is 1. The molecule has 0 radical (unpaired) electrons. The zero-order valence-electron chi connectivity index (χ0n) is 13.3. The second kappa shape index (κ2) is 7.80. The maximum absolute atomic E-state index is 3.69. The van der Waals surface area contributed by atoms with Gasteiger partial charge in [0.05, 0.1) is 0 Å². The van der Waals surface area contributed by atoms with Gasteiger partial charge < -0.3 is 5.32 Å². The van der Waals surface area contributed by atoms with Gasteiger partial charge in [0.2, 0.25) is 0 Å². The zero-order chi connectivity index (χ0) is 14.4. The third-order valence-electron chi connectivity index (χ3n) is 4.34. The van der Waals surface area contributed by atoms with Crippen molar-refractivity contribution in [3.05, 3.63) is 35.9 Å². The quantitative estimate of drug-likeness (QED) is 0.736. The molecule has 2 atom stereocenters. The Labute approximate surface area is 124 Å². The summed E-state index contributed by atoms with van der Waals surface area (Å²) in [7, 11) is 0. The third-order valence-corrected chi connectivity index (χ3v) is 4.34. The normalized spacial score (nSPS) is 18.2. The molecule has 0 spiro atoms. The molecule has 0 aromatic heterocycles. The first kappa shape index (κ1) is 15.5. The van der Waals surface area contributed by atoms with Gasteiger partial charge in [-0.1, -0.05) is 44.2 Å². The Morgan fingerprint density at radius 2 is 1.90 bits per heavy atom. The highest BCUT2D eigenvalue weighted by Crippen LogP contribution is 2.32. The molecule has 2 heteroatoms. The van der Waals surface area contributed by atoms with Gasteiger partial charge in [-0.3, -0.25) is 4.90 Å². The van der Waals surface area contributed by atoms with Gasteiger partial charge in [-0.05, 0) is 50.8 Å². The monoisotopic (exact) mass is 274 g/mol. The molecular formula is C18H30N2. The first-order valence-electron chi connectivity index (χ1n) is 8.28. The second-order valence-corrected chi connectivity index (χ2v) is 6.12. The summed E-state index contributed by atoms with van der Waals surface area (Å²) in [6, 6.07) is 11.9. The van der Waals surface area contributed by atoms with Crippen LogP contribution in [-0.2, 0) is 0 Å². The molecule has 1 saturated carbocycles. The number of hydrogen-bond donors (Lipinski definition) is 1. The van der Waals surface area contributed by atoms with Gasteiger partial charge in [-0.15, -0.1) is 0 Å². The van der Waals surface area contributed by atoms with Gasteiger partial charge in [-0.25, -0.2) is 0 Å². The van der Waals surface area contributed by atoms with Gasteiger partial charge in [0.1, 0.15) is 0 Å². The minimum atomic E-state index is 0.437. The van der Waals surface area contributed by atoms with Crippen LogP contribution in [0.1, 0.15) is 51.6 Å². The van der Waals surface area contributed by atoms with E-state index in [1.807, 2.05) is 0 Å². The van der Waals surface area contributed by atoms with E-state index in [-0.39, 0.29) is 0 Å². The summed E-state index contributed by atoms with van der Waals surface area (Å²) >= 11 is 0. The molecule has 1 aromatic rings. The van der Waals surface area contributed by atoms with Crippen LogP contribution in [0.3, 0.4) is 0 Å². The largest absolute Gasteiger partial charge is 0.309 e. The Morgan fingerprint density at radius 3 is 2.45 bits per heavy atom. The van der Waals surface area contributed by atoms with E-state index in [2.05, 4.69) is 61.3 Å². The van der Waals surface area contributed by atoms with Crippen LogP contribution >= 0.6 is 0 Å². The second-order valence-electron chi connectivity index (χ2n) is 6.12. The molecule has 2 nitrogen and oxygen atoms in total.